The van der Waals surface area contributed by atoms with Gasteiger partial charge in [0.25, 0.3) is 0 Å². The van der Waals surface area contributed by atoms with Gasteiger partial charge < -0.3 is 4.74 Å². The third-order valence-corrected chi connectivity index (χ3v) is 5.86. The van der Waals surface area contributed by atoms with E-state index < -0.39 is 12.0 Å². The second kappa shape index (κ2) is 7.09. The van der Waals surface area contributed by atoms with Crippen LogP contribution < -0.4 is 15.8 Å². The molecule has 0 saturated heterocycles. The molecule has 3 aromatic rings. The Bertz CT molecular complexity index is 1140. The molecule has 2 N–H and O–H groups in total. The lowest BCUT2D eigenvalue weighted by Gasteiger charge is -2.33. The molecule has 0 spiro atoms. The van der Waals surface area contributed by atoms with Gasteiger partial charge in [-0.25, -0.2) is 25.4 Å². The highest BCUT2D eigenvalue weighted by Crippen LogP contribution is 2.47. The Hall–Kier alpha value is -3.04. The van der Waals surface area contributed by atoms with E-state index in [1.165, 1.54) is 12.0 Å². The number of ether oxygens (including phenoxy) is 1. The van der Waals surface area contributed by atoms with Crippen molar-refractivity contribution in [1.29, 1.82) is 0 Å². The number of thiophene rings is 1. The van der Waals surface area contributed by atoms with E-state index in [9.17, 15) is 9.59 Å². The third kappa shape index (κ3) is 3.02. The fourth-order valence-electron chi connectivity index (χ4n) is 3.55. The molecule has 29 heavy (non-hydrogen) atoms. The highest BCUT2D eigenvalue weighted by atomic mass is 32.1. The zero-order chi connectivity index (χ0) is 20.9. The van der Waals surface area contributed by atoms with E-state index in [0.717, 1.165) is 34.0 Å². The van der Waals surface area contributed by atoms with Crippen LogP contribution in [0.1, 0.15) is 34.8 Å². The molecule has 0 fully saturated rings. The van der Waals surface area contributed by atoms with Gasteiger partial charge in [-0.05, 0) is 37.0 Å². The first-order valence-corrected chi connectivity index (χ1v) is 9.99. The Balaban J connectivity index is 1.91. The Morgan fingerprint density at radius 2 is 2.07 bits per heavy atom. The summed E-state index contributed by atoms with van der Waals surface area (Å²) < 4.78 is 4.86. The number of nitrogens with zero attached hydrogens (tertiary/aromatic N) is 4. The molecule has 150 valence electrons. The second-order valence-electron chi connectivity index (χ2n) is 7.33. The predicted molar refractivity (Wildman–Crippen MR) is 113 cm³/mol. The van der Waals surface area contributed by atoms with Crippen molar-refractivity contribution in [2.75, 3.05) is 17.0 Å². The van der Waals surface area contributed by atoms with Crippen molar-refractivity contribution < 1.29 is 14.3 Å². The summed E-state index contributed by atoms with van der Waals surface area (Å²) in [4.78, 5) is 36.7. The Labute approximate surface area is 171 Å². The molecular formula is C20H21N5O3S. The van der Waals surface area contributed by atoms with Gasteiger partial charge in [0.1, 0.15) is 9.71 Å². The highest BCUT2D eigenvalue weighted by molar-refractivity contribution is 7.21. The van der Waals surface area contributed by atoms with Crippen molar-refractivity contribution >= 4 is 50.6 Å². The number of anilines is 3. The van der Waals surface area contributed by atoms with Gasteiger partial charge in [0.2, 0.25) is 0 Å². The molecule has 0 atom stereocenters. The maximum atomic E-state index is 13.2. The summed E-state index contributed by atoms with van der Waals surface area (Å²) in [6.45, 7) is 6.21. The first kappa shape index (κ1) is 19.3. The number of hydrogen-bond donors (Lipinski definition) is 1. The quantitative estimate of drug-likeness (QED) is 0.396. The minimum atomic E-state index is -0.554. The van der Waals surface area contributed by atoms with Crippen LogP contribution in [0.5, 0.6) is 0 Å². The third-order valence-electron chi connectivity index (χ3n) is 4.79. The van der Waals surface area contributed by atoms with Gasteiger partial charge in [0.05, 0.1) is 35.8 Å². The minimum absolute atomic E-state index is 0.250. The molecule has 0 saturated carbocycles. The monoisotopic (exact) mass is 411 g/mol. The molecule has 9 heteroatoms. The second-order valence-corrected chi connectivity index (χ2v) is 8.33. The van der Waals surface area contributed by atoms with E-state index in [1.807, 2.05) is 13.0 Å². The zero-order valence-electron chi connectivity index (χ0n) is 16.6. The van der Waals surface area contributed by atoms with Crippen LogP contribution in [0.15, 0.2) is 24.5 Å². The number of aryl methyl sites for hydroxylation is 1. The number of carbonyl (C=O) groups excluding carboxylic acids is 2. The summed E-state index contributed by atoms with van der Waals surface area (Å²) in [5.74, 6) is 6.08. The summed E-state index contributed by atoms with van der Waals surface area (Å²) in [6.07, 6.45) is 4.17. The van der Waals surface area contributed by atoms with Crippen LogP contribution in [0.25, 0.3) is 10.2 Å². The molecule has 0 aromatic carbocycles. The fourth-order valence-corrected chi connectivity index (χ4v) is 4.62. The van der Waals surface area contributed by atoms with Crippen LogP contribution in [-0.4, -0.2) is 29.1 Å². The van der Waals surface area contributed by atoms with Crippen molar-refractivity contribution in [3.63, 3.8) is 0 Å². The summed E-state index contributed by atoms with van der Waals surface area (Å²) in [5.41, 5.74) is 3.46. The molecule has 4 rings (SSSR count). The Morgan fingerprint density at radius 3 is 2.72 bits per heavy atom. The number of esters is 1. The van der Waals surface area contributed by atoms with Crippen molar-refractivity contribution in [1.82, 2.24) is 9.97 Å². The molecular weight excluding hydrogens is 390 g/mol. The van der Waals surface area contributed by atoms with Gasteiger partial charge in [-0.15, -0.1) is 11.3 Å². The fraction of sp³-hybridized carbons (Fsp3) is 0.300. The minimum Gasteiger partial charge on any atom is -0.465 e. The number of hydrogen-bond acceptors (Lipinski definition) is 7. The number of methoxy groups -OCH3 is 1. The number of hydrazine groups is 1. The first-order chi connectivity index (χ1) is 13.8. The lowest BCUT2D eigenvalue weighted by molar-refractivity contribution is 0.0607. The van der Waals surface area contributed by atoms with Crippen molar-refractivity contribution in [3.8, 4) is 0 Å². The van der Waals surface area contributed by atoms with Crippen LogP contribution in [0.3, 0.4) is 0 Å². The normalized spacial score (nSPS) is 13.5. The van der Waals surface area contributed by atoms with Crippen molar-refractivity contribution in [3.05, 3.63) is 40.7 Å². The zero-order valence-corrected chi connectivity index (χ0v) is 17.4. The molecule has 0 unspecified atom stereocenters. The van der Waals surface area contributed by atoms with Crippen LogP contribution in [0.4, 0.5) is 21.9 Å². The molecule has 8 nitrogen and oxygen atoms in total. The van der Waals surface area contributed by atoms with E-state index in [0.29, 0.717) is 33.2 Å². The lowest BCUT2D eigenvalue weighted by Crippen LogP contribution is -2.48. The standard InChI is InChI=1S/C20H21N5O3S/c1-10(2)7-12-8-11(3)14(9-23-12)24-13-5-6-22-18-15(13)16(25(21)20(24)27)17(29-18)19(26)28-4/h5-6,8-10H,7,21H2,1-4H3. The number of carbonyl (C=O) groups is 2. The van der Waals surface area contributed by atoms with Crippen molar-refractivity contribution in [2.24, 2.45) is 11.8 Å². The molecule has 0 aliphatic carbocycles. The smallest absolute Gasteiger partial charge is 0.350 e. The van der Waals surface area contributed by atoms with Crippen LogP contribution in [0, 0.1) is 12.8 Å². The van der Waals surface area contributed by atoms with Gasteiger partial charge in [-0.2, -0.15) is 0 Å². The van der Waals surface area contributed by atoms with Crippen LogP contribution in [0.2, 0.25) is 0 Å². The highest BCUT2D eigenvalue weighted by Gasteiger charge is 2.38. The van der Waals surface area contributed by atoms with E-state index in [1.54, 1.807) is 18.5 Å². The SMILES string of the molecule is COC(=O)c1sc2nccc3c2c1N(N)C(=O)N3c1cnc(CC(C)C)cc1C. The molecule has 1 aliphatic heterocycles. The van der Waals surface area contributed by atoms with E-state index in [2.05, 4.69) is 23.8 Å². The molecule has 4 heterocycles. The average molecular weight is 411 g/mol. The summed E-state index contributed by atoms with van der Waals surface area (Å²) in [6, 6.07) is 3.26. The van der Waals surface area contributed by atoms with Gasteiger partial charge in [0.15, 0.2) is 0 Å². The number of rotatable bonds is 4. The van der Waals surface area contributed by atoms with Gasteiger partial charge in [0, 0.05) is 11.9 Å². The molecule has 0 bridgehead atoms. The van der Waals surface area contributed by atoms with Crippen LogP contribution in [-0.2, 0) is 11.2 Å². The van der Waals surface area contributed by atoms with E-state index >= 15 is 0 Å². The number of aromatic nitrogens is 2. The molecule has 1 aliphatic rings. The topological polar surface area (TPSA) is 102 Å². The van der Waals surface area contributed by atoms with Crippen molar-refractivity contribution in [2.45, 2.75) is 27.2 Å². The lowest BCUT2D eigenvalue weighted by atomic mass is 10.0. The number of pyridine rings is 2. The molecule has 2 amide bonds. The Kier molecular flexibility index (Phi) is 4.71. The number of urea groups is 1. The number of nitrogens with two attached hydrogens (primary N) is 1. The summed E-state index contributed by atoms with van der Waals surface area (Å²) >= 11 is 1.15. The maximum absolute atomic E-state index is 13.2. The van der Waals surface area contributed by atoms with Gasteiger partial charge in [-0.3, -0.25) is 9.88 Å². The average Bonchev–Trinajstić information content (AvgIpc) is 3.07. The van der Waals surface area contributed by atoms with E-state index in [4.69, 9.17) is 10.6 Å². The number of amides is 2. The summed E-state index contributed by atoms with van der Waals surface area (Å²) in [7, 11) is 1.29. The van der Waals surface area contributed by atoms with Gasteiger partial charge >= 0.3 is 12.0 Å². The van der Waals surface area contributed by atoms with E-state index in [-0.39, 0.29) is 4.88 Å². The largest absolute Gasteiger partial charge is 0.465 e. The first-order valence-electron chi connectivity index (χ1n) is 9.17. The molecule has 3 aromatic heterocycles. The summed E-state index contributed by atoms with van der Waals surface area (Å²) in [5, 5.41) is 1.63. The van der Waals surface area contributed by atoms with Crippen LogP contribution >= 0.6 is 11.3 Å². The predicted octanol–water partition coefficient (Wildman–Crippen LogP) is 3.94. The van der Waals surface area contributed by atoms with Gasteiger partial charge in [-0.1, -0.05) is 13.8 Å². The molecule has 0 radical (unpaired) electrons. The Morgan fingerprint density at radius 1 is 1.31 bits per heavy atom. The maximum Gasteiger partial charge on any atom is 0.350 e.